The van der Waals surface area contributed by atoms with E-state index in [1.54, 1.807) is 17.0 Å². The smallest absolute Gasteiger partial charge is 0.409 e. The van der Waals surface area contributed by atoms with Crippen molar-refractivity contribution >= 4 is 36.0 Å². The number of amides is 1. The number of hydrogen-bond acceptors (Lipinski definition) is 4. The molecule has 7 nitrogen and oxygen atoms in total. The fraction of sp³-hybridized carbons (Fsp3) is 0.500. The Bertz CT molecular complexity index is 634. The molecular weight excluding hydrogens is 445 g/mol. The third kappa shape index (κ3) is 6.71. The highest BCUT2D eigenvalue weighted by molar-refractivity contribution is 14.0. The highest BCUT2D eigenvalue weighted by Crippen LogP contribution is 2.11. The van der Waals surface area contributed by atoms with Crippen molar-refractivity contribution in [3.8, 4) is 6.07 Å². The van der Waals surface area contributed by atoms with Gasteiger partial charge in [-0.25, -0.2) is 9.79 Å². The van der Waals surface area contributed by atoms with Crippen molar-refractivity contribution in [2.75, 3.05) is 26.7 Å². The van der Waals surface area contributed by atoms with Gasteiger partial charge in [0, 0.05) is 25.7 Å². The lowest BCUT2D eigenvalue weighted by Crippen LogP contribution is -2.49. The quantitative estimate of drug-likeness (QED) is 0.400. The molecule has 2 rings (SSSR count). The van der Waals surface area contributed by atoms with E-state index in [-0.39, 0.29) is 36.1 Å². The summed E-state index contributed by atoms with van der Waals surface area (Å²) in [6, 6.07) is 9.82. The van der Waals surface area contributed by atoms with Crippen molar-refractivity contribution in [1.29, 1.82) is 5.26 Å². The van der Waals surface area contributed by atoms with Gasteiger partial charge < -0.3 is 20.3 Å². The summed E-state index contributed by atoms with van der Waals surface area (Å²) in [6.45, 7) is 4.71. The zero-order valence-electron chi connectivity index (χ0n) is 15.2. The molecule has 1 amide bonds. The topological polar surface area (TPSA) is 89.8 Å². The van der Waals surface area contributed by atoms with Crippen LogP contribution in [0.5, 0.6) is 0 Å². The number of guanidine groups is 1. The van der Waals surface area contributed by atoms with Crippen LogP contribution in [-0.2, 0) is 11.3 Å². The summed E-state index contributed by atoms with van der Waals surface area (Å²) in [5, 5.41) is 15.5. The van der Waals surface area contributed by atoms with Crippen LogP contribution in [0.25, 0.3) is 0 Å². The van der Waals surface area contributed by atoms with Crippen molar-refractivity contribution in [3.05, 3.63) is 35.4 Å². The highest BCUT2D eigenvalue weighted by atomic mass is 127. The molecule has 0 atom stereocenters. The lowest BCUT2D eigenvalue weighted by molar-refractivity contribution is 0.111. The second-order valence-corrected chi connectivity index (χ2v) is 5.88. The van der Waals surface area contributed by atoms with Crippen LogP contribution < -0.4 is 10.6 Å². The first kappa shape index (κ1) is 22.0. The van der Waals surface area contributed by atoms with E-state index >= 15 is 0 Å². The highest BCUT2D eigenvalue weighted by Gasteiger charge is 2.23. The van der Waals surface area contributed by atoms with Crippen LogP contribution in [0.2, 0.25) is 0 Å². The van der Waals surface area contributed by atoms with Gasteiger partial charge in [0.25, 0.3) is 0 Å². The molecule has 0 aromatic heterocycles. The maximum atomic E-state index is 11.5. The number of nitrogens with one attached hydrogen (secondary N) is 2. The maximum absolute atomic E-state index is 11.5. The van der Waals surface area contributed by atoms with E-state index < -0.39 is 0 Å². The predicted octanol–water partition coefficient (Wildman–Crippen LogP) is 2.46. The fourth-order valence-corrected chi connectivity index (χ4v) is 2.70. The number of benzene rings is 1. The number of hydrogen-bond donors (Lipinski definition) is 2. The van der Waals surface area contributed by atoms with Crippen LogP contribution in [0, 0.1) is 11.3 Å². The zero-order chi connectivity index (χ0) is 18.1. The van der Waals surface area contributed by atoms with Crippen LogP contribution in [-0.4, -0.2) is 49.7 Å². The van der Waals surface area contributed by atoms with E-state index in [0.717, 1.165) is 30.9 Å². The molecule has 0 aliphatic carbocycles. The number of nitrogens with zero attached hydrogens (tertiary/aromatic N) is 3. The molecule has 1 aliphatic rings. The Morgan fingerprint density at radius 1 is 1.35 bits per heavy atom. The Morgan fingerprint density at radius 2 is 2.00 bits per heavy atom. The van der Waals surface area contributed by atoms with Gasteiger partial charge in [-0.2, -0.15) is 5.26 Å². The second-order valence-electron chi connectivity index (χ2n) is 5.88. The monoisotopic (exact) mass is 471 g/mol. The van der Waals surface area contributed by atoms with E-state index in [1.165, 1.54) is 7.11 Å². The standard InChI is InChI=1S/C18H25N5O2.HI/c1-3-20-17(21-13-15-6-4-14(12-19)5-7-15)22-16-8-10-23(11-9-16)18(24)25-2;/h4-7,16H,3,8-11,13H2,1-2H3,(H2,20,21,22);1H. The molecular formula is C18H26IN5O2. The fourth-order valence-electron chi connectivity index (χ4n) is 2.70. The van der Waals surface area contributed by atoms with Gasteiger partial charge in [-0.05, 0) is 37.5 Å². The van der Waals surface area contributed by atoms with E-state index in [4.69, 9.17) is 10.00 Å². The van der Waals surface area contributed by atoms with Crippen LogP contribution in [0.4, 0.5) is 4.79 Å². The van der Waals surface area contributed by atoms with Crippen LogP contribution in [0.3, 0.4) is 0 Å². The summed E-state index contributed by atoms with van der Waals surface area (Å²) in [5.74, 6) is 0.767. The van der Waals surface area contributed by atoms with E-state index in [2.05, 4.69) is 21.7 Å². The summed E-state index contributed by atoms with van der Waals surface area (Å²) in [6.07, 6.45) is 1.45. The van der Waals surface area contributed by atoms with Gasteiger partial charge >= 0.3 is 6.09 Å². The number of halogens is 1. The van der Waals surface area contributed by atoms with Gasteiger partial charge in [0.2, 0.25) is 0 Å². The molecule has 0 saturated carbocycles. The van der Waals surface area contributed by atoms with E-state index in [1.807, 2.05) is 19.1 Å². The molecule has 26 heavy (non-hydrogen) atoms. The Kier molecular flexibility index (Phi) is 9.80. The summed E-state index contributed by atoms with van der Waals surface area (Å²) in [5.41, 5.74) is 1.70. The molecule has 1 aromatic rings. The molecule has 1 fully saturated rings. The Balaban J connectivity index is 0.00000338. The number of likely N-dealkylation sites (tertiary alicyclic amines) is 1. The van der Waals surface area contributed by atoms with Crippen molar-refractivity contribution in [3.63, 3.8) is 0 Å². The number of carbonyl (C=O) groups is 1. The largest absolute Gasteiger partial charge is 0.453 e. The molecule has 2 N–H and O–H groups in total. The summed E-state index contributed by atoms with van der Waals surface area (Å²) in [7, 11) is 1.41. The lowest BCUT2D eigenvalue weighted by Gasteiger charge is -2.32. The zero-order valence-corrected chi connectivity index (χ0v) is 17.5. The first-order chi connectivity index (χ1) is 12.2. The molecule has 0 unspecified atom stereocenters. The number of aliphatic imine (C=N–C) groups is 1. The van der Waals surface area contributed by atoms with Gasteiger partial charge in [0.15, 0.2) is 5.96 Å². The normalized spacial score (nSPS) is 14.8. The molecule has 0 spiro atoms. The van der Waals surface area contributed by atoms with E-state index in [9.17, 15) is 4.79 Å². The number of rotatable bonds is 4. The minimum Gasteiger partial charge on any atom is -0.453 e. The number of methoxy groups -OCH3 is 1. The lowest BCUT2D eigenvalue weighted by atomic mass is 10.1. The first-order valence-electron chi connectivity index (χ1n) is 8.53. The average Bonchev–Trinajstić information content (AvgIpc) is 2.66. The molecule has 1 saturated heterocycles. The van der Waals surface area contributed by atoms with Crippen LogP contribution in [0.1, 0.15) is 30.9 Å². The molecule has 0 bridgehead atoms. The minimum absolute atomic E-state index is 0. The summed E-state index contributed by atoms with van der Waals surface area (Å²) < 4.78 is 4.76. The Morgan fingerprint density at radius 3 is 2.54 bits per heavy atom. The van der Waals surface area contributed by atoms with Crippen LogP contribution in [0.15, 0.2) is 29.3 Å². The molecule has 1 aliphatic heterocycles. The van der Waals surface area contributed by atoms with Crippen molar-refractivity contribution < 1.29 is 9.53 Å². The number of ether oxygens (including phenoxy) is 1. The Hall–Kier alpha value is -2.02. The van der Waals surface area contributed by atoms with Gasteiger partial charge in [-0.15, -0.1) is 24.0 Å². The third-order valence-corrected chi connectivity index (χ3v) is 4.12. The van der Waals surface area contributed by atoms with Crippen molar-refractivity contribution in [2.24, 2.45) is 4.99 Å². The van der Waals surface area contributed by atoms with Gasteiger partial charge in [0.1, 0.15) is 0 Å². The van der Waals surface area contributed by atoms with Crippen molar-refractivity contribution in [1.82, 2.24) is 15.5 Å². The molecule has 1 aromatic carbocycles. The predicted molar refractivity (Wildman–Crippen MR) is 112 cm³/mol. The van der Waals surface area contributed by atoms with Gasteiger partial charge in [-0.3, -0.25) is 0 Å². The van der Waals surface area contributed by atoms with Gasteiger partial charge in [-0.1, -0.05) is 12.1 Å². The molecule has 1 heterocycles. The number of nitriles is 1. The third-order valence-electron chi connectivity index (χ3n) is 4.12. The van der Waals surface area contributed by atoms with Crippen molar-refractivity contribution in [2.45, 2.75) is 32.4 Å². The molecule has 8 heteroatoms. The second kappa shape index (κ2) is 11.6. The summed E-state index contributed by atoms with van der Waals surface area (Å²) >= 11 is 0. The number of carbonyl (C=O) groups excluding carboxylic acids is 1. The first-order valence-corrected chi connectivity index (χ1v) is 8.53. The average molecular weight is 471 g/mol. The van der Waals surface area contributed by atoms with Crippen LogP contribution >= 0.6 is 24.0 Å². The molecule has 0 radical (unpaired) electrons. The van der Waals surface area contributed by atoms with Gasteiger partial charge in [0.05, 0.1) is 25.3 Å². The Labute approximate surface area is 171 Å². The SMILES string of the molecule is CCNC(=NCc1ccc(C#N)cc1)NC1CCN(C(=O)OC)CC1.I. The molecule has 142 valence electrons. The van der Waals surface area contributed by atoms with E-state index in [0.29, 0.717) is 25.2 Å². The minimum atomic E-state index is -0.264. The number of piperidine rings is 1. The maximum Gasteiger partial charge on any atom is 0.409 e. The summed E-state index contributed by atoms with van der Waals surface area (Å²) in [4.78, 5) is 17.9.